The minimum atomic E-state index is -0.797. The molecule has 0 radical (unpaired) electrons. The van der Waals surface area contributed by atoms with Gasteiger partial charge in [-0.15, -0.1) is 10.2 Å². The fourth-order valence-electron chi connectivity index (χ4n) is 1.54. The monoisotopic (exact) mass is 291 g/mol. The molecular formula is C11H15Cl2N3O2. The Kier molecular flexibility index (Phi) is 4.76. The molecule has 0 fully saturated rings. The highest BCUT2D eigenvalue weighted by atomic mass is 35.5. The van der Waals surface area contributed by atoms with Crippen molar-refractivity contribution in [3.05, 3.63) is 21.4 Å². The van der Waals surface area contributed by atoms with Crippen LogP contribution < -0.4 is 5.73 Å². The fourth-order valence-corrected chi connectivity index (χ4v) is 1.97. The van der Waals surface area contributed by atoms with Gasteiger partial charge in [-0.25, -0.2) is 4.79 Å². The molecule has 1 rings (SSSR count). The highest BCUT2D eigenvalue weighted by Crippen LogP contribution is 2.26. The van der Waals surface area contributed by atoms with E-state index >= 15 is 0 Å². The summed E-state index contributed by atoms with van der Waals surface area (Å²) in [5.74, 6) is 0. The van der Waals surface area contributed by atoms with E-state index < -0.39 is 11.7 Å². The van der Waals surface area contributed by atoms with Gasteiger partial charge in [0, 0.05) is 0 Å². The molecule has 0 saturated carbocycles. The molecule has 2 N–H and O–H groups in total. The van der Waals surface area contributed by atoms with Crippen molar-refractivity contribution in [2.24, 2.45) is 5.73 Å². The number of nitrogens with two attached hydrogens (primary N) is 1. The van der Waals surface area contributed by atoms with E-state index in [0.29, 0.717) is 23.1 Å². The molecule has 18 heavy (non-hydrogen) atoms. The van der Waals surface area contributed by atoms with Gasteiger partial charge in [0.15, 0.2) is 10.3 Å². The minimum absolute atomic E-state index is 0.312. The lowest BCUT2D eigenvalue weighted by molar-refractivity contribution is 0.0394. The molecule has 0 spiro atoms. The normalized spacial score (nSPS) is 11.4. The zero-order valence-corrected chi connectivity index (χ0v) is 12.0. The molecule has 100 valence electrons. The van der Waals surface area contributed by atoms with E-state index in [1.807, 2.05) is 6.92 Å². The van der Waals surface area contributed by atoms with Crippen molar-refractivity contribution in [1.29, 1.82) is 0 Å². The molecule has 0 saturated heterocycles. The Morgan fingerprint density at radius 2 is 1.89 bits per heavy atom. The molecule has 0 aliphatic rings. The smallest absolute Gasteiger partial charge is 0.405 e. The molecule has 0 atom stereocenters. The number of carbonyl (C=O) groups excluding carboxylic acids is 1. The first-order chi connectivity index (χ1) is 8.23. The molecule has 0 bridgehead atoms. The van der Waals surface area contributed by atoms with Crippen molar-refractivity contribution >= 4 is 29.3 Å². The first-order valence-electron chi connectivity index (χ1n) is 5.38. The summed E-state index contributed by atoms with van der Waals surface area (Å²) in [6.07, 6.45) is 0.326. The van der Waals surface area contributed by atoms with E-state index in [4.69, 9.17) is 33.7 Å². The number of carbonyl (C=O) groups is 1. The number of primary amides is 1. The summed E-state index contributed by atoms with van der Waals surface area (Å²) in [5, 5.41) is 8.10. The quantitative estimate of drug-likeness (QED) is 0.925. The second-order valence-corrected chi connectivity index (χ2v) is 5.28. The topological polar surface area (TPSA) is 78.1 Å². The zero-order valence-electron chi connectivity index (χ0n) is 10.5. The molecule has 1 heterocycles. The minimum Gasteiger partial charge on any atom is -0.444 e. The van der Waals surface area contributed by atoms with Gasteiger partial charge in [-0.05, 0) is 44.7 Å². The summed E-state index contributed by atoms with van der Waals surface area (Å²) in [7, 11) is 0. The Bertz CT molecular complexity index is 464. The SMILES string of the molecule is Cc1c(Cl)nnc(Cl)c1CCC(C)(C)OC(N)=O. The van der Waals surface area contributed by atoms with Crippen LogP contribution in [0, 0.1) is 6.92 Å². The molecule has 5 nitrogen and oxygen atoms in total. The summed E-state index contributed by atoms with van der Waals surface area (Å²) < 4.78 is 5.00. The van der Waals surface area contributed by atoms with Crippen LogP contribution in [0.5, 0.6) is 0 Å². The van der Waals surface area contributed by atoms with Crippen LogP contribution in [0.15, 0.2) is 0 Å². The predicted octanol–water partition coefficient (Wildman–Crippen LogP) is 2.90. The van der Waals surface area contributed by atoms with Gasteiger partial charge >= 0.3 is 6.09 Å². The third kappa shape index (κ3) is 3.99. The van der Waals surface area contributed by atoms with Gasteiger partial charge in [-0.1, -0.05) is 23.2 Å². The van der Waals surface area contributed by atoms with Crippen molar-refractivity contribution in [3.63, 3.8) is 0 Å². The van der Waals surface area contributed by atoms with E-state index in [-0.39, 0.29) is 0 Å². The van der Waals surface area contributed by atoms with Crippen molar-refractivity contribution in [2.75, 3.05) is 0 Å². The molecule has 0 unspecified atom stereocenters. The van der Waals surface area contributed by atoms with Crippen molar-refractivity contribution in [1.82, 2.24) is 10.2 Å². The number of rotatable bonds is 4. The summed E-state index contributed by atoms with van der Waals surface area (Å²) in [6, 6.07) is 0. The molecule has 0 aromatic carbocycles. The Hall–Kier alpha value is -1.07. The van der Waals surface area contributed by atoms with Gasteiger partial charge in [0.05, 0.1) is 0 Å². The Balaban J connectivity index is 2.81. The van der Waals surface area contributed by atoms with Crippen LogP contribution in [-0.4, -0.2) is 21.9 Å². The maximum Gasteiger partial charge on any atom is 0.405 e. The van der Waals surface area contributed by atoms with Crippen LogP contribution in [0.3, 0.4) is 0 Å². The van der Waals surface area contributed by atoms with E-state index in [2.05, 4.69) is 10.2 Å². The molecule has 1 aromatic heterocycles. The second kappa shape index (κ2) is 5.71. The molecule has 7 heteroatoms. The van der Waals surface area contributed by atoms with Crippen LogP contribution in [0.2, 0.25) is 10.3 Å². The van der Waals surface area contributed by atoms with Crippen LogP contribution in [0.1, 0.15) is 31.4 Å². The lowest BCUT2D eigenvalue weighted by Crippen LogP contribution is -2.31. The highest BCUT2D eigenvalue weighted by molar-refractivity contribution is 6.32. The van der Waals surface area contributed by atoms with Crippen LogP contribution >= 0.6 is 23.2 Å². The van der Waals surface area contributed by atoms with Crippen LogP contribution in [0.4, 0.5) is 4.79 Å². The van der Waals surface area contributed by atoms with E-state index in [1.54, 1.807) is 13.8 Å². The number of amides is 1. The van der Waals surface area contributed by atoms with Crippen LogP contribution in [-0.2, 0) is 11.2 Å². The number of aromatic nitrogens is 2. The van der Waals surface area contributed by atoms with Gasteiger partial charge in [0.1, 0.15) is 5.60 Å². The maximum absolute atomic E-state index is 10.7. The predicted molar refractivity (Wildman–Crippen MR) is 69.9 cm³/mol. The summed E-state index contributed by atoms with van der Waals surface area (Å²) in [5.41, 5.74) is 5.92. The zero-order chi connectivity index (χ0) is 13.9. The van der Waals surface area contributed by atoms with Gasteiger partial charge in [0.2, 0.25) is 0 Å². The number of halogens is 2. The Morgan fingerprint density at radius 3 is 2.44 bits per heavy atom. The number of nitrogens with zero attached hydrogens (tertiary/aromatic N) is 2. The van der Waals surface area contributed by atoms with Gasteiger partial charge < -0.3 is 10.5 Å². The summed E-state index contributed by atoms with van der Waals surface area (Å²) >= 11 is 11.9. The van der Waals surface area contributed by atoms with Crippen molar-refractivity contribution in [3.8, 4) is 0 Å². The third-order valence-electron chi connectivity index (χ3n) is 2.59. The highest BCUT2D eigenvalue weighted by Gasteiger charge is 2.23. The second-order valence-electron chi connectivity index (χ2n) is 4.57. The van der Waals surface area contributed by atoms with E-state index in [0.717, 1.165) is 11.1 Å². The van der Waals surface area contributed by atoms with E-state index in [1.165, 1.54) is 0 Å². The number of ether oxygens (including phenoxy) is 1. The first-order valence-corrected chi connectivity index (χ1v) is 6.14. The molecule has 0 aliphatic heterocycles. The van der Waals surface area contributed by atoms with Crippen molar-refractivity contribution < 1.29 is 9.53 Å². The average molecular weight is 292 g/mol. The first kappa shape index (κ1) is 15.0. The largest absolute Gasteiger partial charge is 0.444 e. The number of hydrogen-bond acceptors (Lipinski definition) is 4. The maximum atomic E-state index is 10.7. The fraction of sp³-hybridized carbons (Fsp3) is 0.545. The van der Waals surface area contributed by atoms with Gasteiger partial charge in [-0.2, -0.15) is 0 Å². The lowest BCUT2D eigenvalue weighted by atomic mass is 9.98. The Labute approximate surface area is 116 Å². The average Bonchev–Trinajstić information content (AvgIpc) is 2.22. The third-order valence-corrected chi connectivity index (χ3v) is 3.25. The summed E-state index contributed by atoms with van der Waals surface area (Å²) in [6.45, 7) is 5.37. The standard InChI is InChI=1S/C11H15Cl2N3O2/c1-6-7(9(13)16-15-8(6)12)4-5-11(2,3)18-10(14)17/h4-5H2,1-3H3,(H2,14,17). The lowest BCUT2D eigenvalue weighted by Gasteiger charge is -2.24. The Morgan fingerprint density at radius 1 is 1.33 bits per heavy atom. The van der Waals surface area contributed by atoms with Gasteiger partial charge in [-0.3, -0.25) is 0 Å². The molecule has 0 aliphatic carbocycles. The van der Waals surface area contributed by atoms with E-state index in [9.17, 15) is 4.79 Å². The summed E-state index contributed by atoms with van der Waals surface area (Å²) in [4.78, 5) is 10.7. The molecule has 1 amide bonds. The van der Waals surface area contributed by atoms with Crippen molar-refractivity contribution in [2.45, 2.75) is 39.2 Å². The molecule has 1 aromatic rings. The van der Waals surface area contributed by atoms with Gasteiger partial charge in [0.25, 0.3) is 0 Å². The molecular weight excluding hydrogens is 277 g/mol. The number of hydrogen-bond donors (Lipinski definition) is 1. The van der Waals surface area contributed by atoms with Crippen LogP contribution in [0.25, 0.3) is 0 Å².